The maximum absolute atomic E-state index is 4.78. The Balaban J connectivity index is 1.25. The van der Waals surface area contributed by atoms with E-state index in [9.17, 15) is 0 Å². The molecule has 4 rings (SSSR count). The second kappa shape index (κ2) is 10.2. The molecule has 1 aliphatic heterocycles. The molecule has 1 fully saturated rings. The van der Waals surface area contributed by atoms with Gasteiger partial charge in [0.1, 0.15) is 11.6 Å². The molecule has 1 aliphatic rings. The molecule has 0 aromatic carbocycles. The first-order valence-corrected chi connectivity index (χ1v) is 11.2. The second-order valence-electron chi connectivity index (χ2n) is 8.01. The summed E-state index contributed by atoms with van der Waals surface area (Å²) in [6.07, 6.45) is 7.90. The Labute approximate surface area is 183 Å². The molecule has 0 radical (unpaired) electrons. The fraction of sp³-hybridized carbons (Fsp3) is 0.478. The quantitative estimate of drug-likeness (QED) is 0.347. The molecule has 3 aromatic rings. The van der Waals surface area contributed by atoms with E-state index in [0.29, 0.717) is 6.04 Å². The van der Waals surface area contributed by atoms with Gasteiger partial charge in [0, 0.05) is 51.0 Å². The standard InChI is InChI=1S/C23H32N8/c1-3-24-23(25-13-6-8-22-29-28-21-7-4-5-14-31(21)22)27-19-11-15-30(16-12-19)20-10-9-18(2)17-26-20/h4-5,7,9-10,14,17,19H,3,6,8,11-13,15-16H2,1-2H3,(H2,24,25,27). The van der Waals surface area contributed by atoms with Crippen LogP contribution in [0.2, 0.25) is 0 Å². The number of hydrogen-bond donors (Lipinski definition) is 2. The highest BCUT2D eigenvalue weighted by Crippen LogP contribution is 2.18. The Morgan fingerprint density at radius 3 is 2.81 bits per heavy atom. The van der Waals surface area contributed by atoms with Crippen LogP contribution in [0, 0.1) is 6.92 Å². The molecule has 0 saturated carbocycles. The highest BCUT2D eigenvalue weighted by atomic mass is 15.2. The van der Waals surface area contributed by atoms with Crippen LogP contribution in [0.4, 0.5) is 5.82 Å². The van der Waals surface area contributed by atoms with E-state index in [2.05, 4.69) is 56.7 Å². The fourth-order valence-electron chi connectivity index (χ4n) is 3.90. The van der Waals surface area contributed by atoms with Crippen molar-refractivity contribution >= 4 is 17.4 Å². The van der Waals surface area contributed by atoms with Crippen LogP contribution in [0.1, 0.15) is 37.6 Å². The topological polar surface area (TPSA) is 82.7 Å². The van der Waals surface area contributed by atoms with E-state index in [0.717, 1.165) is 75.1 Å². The van der Waals surface area contributed by atoms with Crippen molar-refractivity contribution in [1.82, 2.24) is 30.2 Å². The van der Waals surface area contributed by atoms with Crippen molar-refractivity contribution in [2.75, 3.05) is 31.1 Å². The van der Waals surface area contributed by atoms with E-state index in [4.69, 9.17) is 4.99 Å². The van der Waals surface area contributed by atoms with E-state index in [-0.39, 0.29) is 0 Å². The summed E-state index contributed by atoms with van der Waals surface area (Å²) < 4.78 is 2.05. The van der Waals surface area contributed by atoms with Crippen molar-refractivity contribution in [1.29, 1.82) is 0 Å². The second-order valence-corrected chi connectivity index (χ2v) is 8.01. The number of hydrogen-bond acceptors (Lipinski definition) is 5. The summed E-state index contributed by atoms with van der Waals surface area (Å²) in [5, 5.41) is 15.5. The van der Waals surface area contributed by atoms with E-state index in [1.807, 2.05) is 35.0 Å². The molecule has 0 unspecified atom stereocenters. The van der Waals surface area contributed by atoms with Crippen LogP contribution in [0.25, 0.3) is 5.65 Å². The predicted molar refractivity (Wildman–Crippen MR) is 125 cm³/mol. The van der Waals surface area contributed by atoms with Crippen LogP contribution >= 0.6 is 0 Å². The van der Waals surface area contributed by atoms with Gasteiger partial charge in [-0.05, 0) is 56.9 Å². The first-order valence-electron chi connectivity index (χ1n) is 11.2. The number of guanidine groups is 1. The molecule has 31 heavy (non-hydrogen) atoms. The van der Waals surface area contributed by atoms with E-state index in [1.54, 1.807) is 0 Å². The van der Waals surface area contributed by atoms with Gasteiger partial charge in [-0.2, -0.15) is 0 Å². The van der Waals surface area contributed by atoms with Gasteiger partial charge in [0.2, 0.25) is 0 Å². The minimum absolute atomic E-state index is 0.430. The fourth-order valence-corrected chi connectivity index (χ4v) is 3.90. The molecule has 0 spiro atoms. The summed E-state index contributed by atoms with van der Waals surface area (Å²) in [7, 11) is 0. The lowest BCUT2D eigenvalue weighted by Gasteiger charge is -2.33. The lowest BCUT2D eigenvalue weighted by molar-refractivity contribution is 0.459. The van der Waals surface area contributed by atoms with Gasteiger partial charge in [-0.1, -0.05) is 12.1 Å². The SMILES string of the molecule is CCNC(=NCCCc1nnc2ccccn12)NC1CCN(c2ccc(C)cn2)CC1. The Morgan fingerprint density at radius 1 is 1.16 bits per heavy atom. The van der Waals surface area contributed by atoms with E-state index < -0.39 is 0 Å². The molecule has 0 bridgehead atoms. The first kappa shape index (κ1) is 21.1. The summed E-state index contributed by atoms with van der Waals surface area (Å²) in [5.41, 5.74) is 2.09. The minimum atomic E-state index is 0.430. The van der Waals surface area contributed by atoms with Gasteiger partial charge < -0.3 is 15.5 Å². The third kappa shape index (κ3) is 5.51. The van der Waals surface area contributed by atoms with Crippen LogP contribution < -0.4 is 15.5 Å². The largest absolute Gasteiger partial charge is 0.357 e. The van der Waals surface area contributed by atoms with Crippen molar-refractivity contribution < 1.29 is 0 Å². The van der Waals surface area contributed by atoms with E-state index in [1.165, 1.54) is 5.56 Å². The number of aryl methyl sites for hydroxylation is 2. The monoisotopic (exact) mass is 420 g/mol. The van der Waals surface area contributed by atoms with Crippen LogP contribution in [-0.2, 0) is 6.42 Å². The maximum Gasteiger partial charge on any atom is 0.191 e. The Kier molecular flexibility index (Phi) is 6.96. The first-order chi connectivity index (χ1) is 15.2. The van der Waals surface area contributed by atoms with Crippen molar-refractivity contribution in [3.8, 4) is 0 Å². The van der Waals surface area contributed by atoms with Crippen molar-refractivity contribution in [2.45, 2.75) is 45.6 Å². The number of anilines is 1. The van der Waals surface area contributed by atoms with Gasteiger partial charge in [0.15, 0.2) is 11.6 Å². The number of rotatable bonds is 7. The van der Waals surface area contributed by atoms with Gasteiger partial charge >= 0.3 is 0 Å². The maximum atomic E-state index is 4.78. The number of piperidine rings is 1. The number of pyridine rings is 2. The molecular formula is C23H32N8. The highest BCUT2D eigenvalue weighted by Gasteiger charge is 2.20. The number of nitrogens with zero attached hydrogens (tertiary/aromatic N) is 6. The summed E-state index contributed by atoms with van der Waals surface area (Å²) in [6.45, 7) is 7.80. The average Bonchev–Trinajstić information content (AvgIpc) is 3.21. The molecule has 3 aromatic heterocycles. The molecule has 4 heterocycles. The van der Waals surface area contributed by atoms with Gasteiger partial charge in [-0.25, -0.2) is 4.98 Å². The smallest absolute Gasteiger partial charge is 0.191 e. The van der Waals surface area contributed by atoms with Crippen LogP contribution in [0.15, 0.2) is 47.7 Å². The molecule has 0 atom stereocenters. The zero-order valence-electron chi connectivity index (χ0n) is 18.5. The Morgan fingerprint density at radius 2 is 2.03 bits per heavy atom. The summed E-state index contributed by atoms with van der Waals surface area (Å²) in [4.78, 5) is 11.7. The zero-order chi connectivity index (χ0) is 21.5. The number of nitrogens with one attached hydrogen (secondary N) is 2. The third-order valence-corrected chi connectivity index (χ3v) is 5.61. The number of fused-ring (bicyclic) bond motifs is 1. The molecule has 8 heteroatoms. The molecule has 8 nitrogen and oxygen atoms in total. The highest BCUT2D eigenvalue weighted by molar-refractivity contribution is 5.80. The van der Waals surface area contributed by atoms with Gasteiger partial charge in [-0.15, -0.1) is 10.2 Å². The Hall–Kier alpha value is -3.16. The normalized spacial score (nSPS) is 15.4. The molecule has 1 saturated heterocycles. The number of aromatic nitrogens is 4. The van der Waals surface area contributed by atoms with Crippen LogP contribution in [-0.4, -0.2) is 57.8 Å². The molecule has 0 aliphatic carbocycles. The van der Waals surface area contributed by atoms with Crippen LogP contribution in [0.5, 0.6) is 0 Å². The lowest BCUT2D eigenvalue weighted by Crippen LogP contribution is -2.49. The van der Waals surface area contributed by atoms with Crippen molar-refractivity contribution in [3.05, 3.63) is 54.1 Å². The zero-order valence-corrected chi connectivity index (χ0v) is 18.5. The van der Waals surface area contributed by atoms with Gasteiger partial charge in [0.05, 0.1) is 0 Å². The van der Waals surface area contributed by atoms with Gasteiger partial charge in [-0.3, -0.25) is 9.39 Å². The molecule has 0 amide bonds. The minimum Gasteiger partial charge on any atom is -0.357 e. The van der Waals surface area contributed by atoms with Crippen LogP contribution in [0.3, 0.4) is 0 Å². The van der Waals surface area contributed by atoms with E-state index >= 15 is 0 Å². The summed E-state index contributed by atoms with van der Waals surface area (Å²) >= 11 is 0. The Bertz CT molecular complexity index is 986. The summed E-state index contributed by atoms with van der Waals surface area (Å²) in [5.74, 6) is 2.96. The number of aliphatic imine (C=N–C) groups is 1. The third-order valence-electron chi connectivity index (χ3n) is 5.61. The predicted octanol–water partition coefficient (Wildman–Crippen LogP) is 2.59. The lowest BCUT2D eigenvalue weighted by atomic mass is 10.1. The molecule has 2 N–H and O–H groups in total. The average molecular weight is 421 g/mol. The summed E-state index contributed by atoms with van der Waals surface area (Å²) in [6, 6.07) is 10.6. The molecule has 164 valence electrons. The van der Waals surface area contributed by atoms with Gasteiger partial charge in [0.25, 0.3) is 0 Å². The van der Waals surface area contributed by atoms with Crippen molar-refractivity contribution in [2.24, 2.45) is 4.99 Å². The molecular weight excluding hydrogens is 388 g/mol. The van der Waals surface area contributed by atoms with Crippen molar-refractivity contribution in [3.63, 3.8) is 0 Å².